The van der Waals surface area contributed by atoms with Gasteiger partial charge in [-0.1, -0.05) is 146 Å². The quantitative estimate of drug-likeness (QED) is 0.173. The summed E-state index contributed by atoms with van der Waals surface area (Å²) in [4.78, 5) is 16.1. The van der Waals surface area contributed by atoms with Gasteiger partial charge in [0, 0.05) is 38.2 Å². The third kappa shape index (κ3) is 5.06. The zero-order chi connectivity index (χ0) is 40.9. The number of aromatic nitrogens is 4. The van der Waals surface area contributed by atoms with Gasteiger partial charge in [-0.05, 0) is 82.8 Å². The highest BCUT2D eigenvalue weighted by molar-refractivity contribution is 6.13. The lowest BCUT2D eigenvalue weighted by molar-refractivity contribution is 0.343. The average Bonchev–Trinajstić information content (AvgIpc) is 3.87. The summed E-state index contributed by atoms with van der Waals surface area (Å²) in [6.07, 6.45) is 2.22. The van der Waals surface area contributed by atoms with E-state index in [0.29, 0.717) is 34.9 Å². The van der Waals surface area contributed by atoms with Crippen LogP contribution in [0, 0.1) is 11.3 Å². The molecule has 2 atom stereocenters. The molecule has 62 heavy (non-hydrogen) atoms. The number of nitrogens with zero attached hydrogens (tertiary/aromatic N) is 5. The summed E-state index contributed by atoms with van der Waals surface area (Å²) in [5.41, 5.74) is 15.2. The topological polar surface area (TPSA) is 80.5 Å². The van der Waals surface area contributed by atoms with E-state index in [2.05, 4.69) is 132 Å². The molecule has 0 bridgehead atoms. The standard InChI is InChI=1S/C56H35N5O/c57-32-33-25-26-39-38-17-7-9-23-46(38)61(48(39)31-33)47-30-29-43-37-28-27-36(37)41-19-11-20-42(45-22-12-21-44-40-18-8-10-24-49(40)62-53(44)45)50(41)51(43)52(47)56-59-54(34-13-3-1-4-14-34)58-55(60-56)35-15-5-2-6-16-35/h1-26,29-31,36-37H,27-28H2. The van der Waals surface area contributed by atoms with Gasteiger partial charge >= 0.3 is 0 Å². The monoisotopic (exact) mass is 793 g/mol. The van der Waals surface area contributed by atoms with E-state index >= 15 is 0 Å². The van der Waals surface area contributed by atoms with Gasteiger partial charge in [0.05, 0.1) is 33.9 Å². The summed E-state index contributed by atoms with van der Waals surface area (Å²) in [5, 5.41) is 14.6. The average molecular weight is 794 g/mol. The minimum Gasteiger partial charge on any atom is -0.455 e. The first-order valence-corrected chi connectivity index (χ1v) is 21.2. The van der Waals surface area contributed by atoms with Gasteiger partial charge in [0.2, 0.25) is 0 Å². The van der Waals surface area contributed by atoms with E-state index in [0.717, 1.165) is 95.7 Å². The second kappa shape index (κ2) is 13.4. The molecule has 1 fully saturated rings. The Labute approximate surface area is 357 Å². The van der Waals surface area contributed by atoms with E-state index in [-0.39, 0.29) is 0 Å². The normalized spacial score (nSPS) is 15.3. The fourth-order valence-corrected chi connectivity index (χ4v) is 10.4. The zero-order valence-corrected chi connectivity index (χ0v) is 33.5. The first-order chi connectivity index (χ1) is 30.7. The molecule has 8 aromatic carbocycles. The van der Waals surface area contributed by atoms with Gasteiger partial charge < -0.3 is 8.98 Å². The molecular weight excluding hydrogens is 759 g/mol. The van der Waals surface area contributed by atoms with Crippen LogP contribution in [0.3, 0.4) is 0 Å². The van der Waals surface area contributed by atoms with Crippen LogP contribution in [0.4, 0.5) is 0 Å². The van der Waals surface area contributed by atoms with Crippen LogP contribution in [0.25, 0.3) is 106 Å². The molecule has 6 heteroatoms. The van der Waals surface area contributed by atoms with E-state index < -0.39 is 0 Å². The molecule has 3 aromatic heterocycles. The predicted molar refractivity (Wildman–Crippen MR) is 248 cm³/mol. The minimum absolute atomic E-state index is 0.343. The first kappa shape index (κ1) is 34.7. The van der Waals surface area contributed by atoms with Crippen LogP contribution < -0.4 is 0 Å². The molecule has 2 aliphatic carbocycles. The molecule has 0 N–H and O–H groups in total. The number of hydrogen-bond donors (Lipinski definition) is 0. The van der Waals surface area contributed by atoms with Gasteiger partial charge in [-0.3, -0.25) is 0 Å². The second-order valence-corrected chi connectivity index (χ2v) is 16.5. The van der Waals surface area contributed by atoms with E-state index in [9.17, 15) is 5.26 Å². The molecule has 0 saturated heterocycles. The number of rotatable bonds is 5. The Morgan fingerprint density at radius 3 is 1.84 bits per heavy atom. The van der Waals surface area contributed by atoms with Gasteiger partial charge in [-0.2, -0.15) is 5.26 Å². The Hall–Kier alpha value is -8.14. The van der Waals surface area contributed by atoms with Crippen LogP contribution in [-0.4, -0.2) is 19.5 Å². The number of fused-ring (bicyclic) bond motifs is 12. The molecule has 0 spiro atoms. The first-order valence-electron chi connectivity index (χ1n) is 21.2. The molecule has 290 valence electrons. The van der Waals surface area contributed by atoms with Gasteiger partial charge in [-0.15, -0.1) is 0 Å². The molecule has 11 aromatic rings. The number of nitriles is 1. The molecule has 2 unspecified atom stereocenters. The minimum atomic E-state index is 0.343. The fourth-order valence-electron chi connectivity index (χ4n) is 10.4. The van der Waals surface area contributed by atoms with Gasteiger partial charge in [0.25, 0.3) is 0 Å². The molecule has 2 aliphatic rings. The maximum atomic E-state index is 10.2. The Morgan fingerprint density at radius 2 is 1.10 bits per heavy atom. The third-order valence-corrected chi connectivity index (χ3v) is 13.3. The SMILES string of the molecule is N#Cc1ccc2c3ccccc3n(-c3ccc4c(c3-c3nc(-c5ccccc5)nc(-c5ccccc5)n3)-c3c(-c5cccc6c5oc5ccccc56)cccc3C3CCC43)c2c1. The number of benzene rings is 8. The molecule has 0 radical (unpaired) electrons. The molecule has 0 amide bonds. The van der Waals surface area contributed by atoms with Crippen molar-refractivity contribution >= 4 is 43.7 Å². The lowest BCUT2D eigenvalue weighted by Crippen LogP contribution is -2.27. The van der Waals surface area contributed by atoms with Gasteiger partial charge in [-0.25, -0.2) is 15.0 Å². The molecule has 13 rings (SSSR count). The molecule has 1 saturated carbocycles. The molecule has 6 nitrogen and oxygen atoms in total. The van der Waals surface area contributed by atoms with Crippen molar-refractivity contribution < 1.29 is 4.42 Å². The van der Waals surface area contributed by atoms with E-state index in [1.165, 1.54) is 16.7 Å². The van der Waals surface area contributed by atoms with Crippen LogP contribution in [0.2, 0.25) is 0 Å². The smallest absolute Gasteiger partial charge is 0.166 e. The highest BCUT2D eigenvalue weighted by Crippen LogP contribution is 2.61. The highest BCUT2D eigenvalue weighted by Gasteiger charge is 2.43. The predicted octanol–water partition coefficient (Wildman–Crippen LogP) is 14.0. The second-order valence-electron chi connectivity index (χ2n) is 16.5. The van der Waals surface area contributed by atoms with Crippen molar-refractivity contribution in [1.29, 1.82) is 5.26 Å². The highest BCUT2D eigenvalue weighted by atomic mass is 16.3. The van der Waals surface area contributed by atoms with E-state index in [1.54, 1.807) is 0 Å². The number of furan rings is 1. The largest absolute Gasteiger partial charge is 0.455 e. The van der Waals surface area contributed by atoms with Gasteiger partial charge in [0.1, 0.15) is 11.2 Å². The molecule has 3 heterocycles. The number of hydrogen-bond acceptors (Lipinski definition) is 5. The van der Waals surface area contributed by atoms with Crippen molar-refractivity contribution in [3.63, 3.8) is 0 Å². The summed E-state index contributed by atoms with van der Waals surface area (Å²) in [6, 6.07) is 63.6. The maximum absolute atomic E-state index is 10.2. The third-order valence-electron chi connectivity index (χ3n) is 13.3. The zero-order valence-electron chi connectivity index (χ0n) is 33.5. The summed E-state index contributed by atoms with van der Waals surface area (Å²) >= 11 is 0. The summed E-state index contributed by atoms with van der Waals surface area (Å²) in [5.74, 6) is 2.52. The van der Waals surface area contributed by atoms with E-state index in [1.807, 2.05) is 54.6 Å². The Morgan fingerprint density at radius 1 is 0.484 bits per heavy atom. The lowest BCUT2D eigenvalue weighted by Gasteiger charge is -2.44. The fraction of sp³-hybridized carbons (Fsp3) is 0.0714. The van der Waals surface area contributed by atoms with Crippen LogP contribution in [0.1, 0.15) is 41.4 Å². The van der Waals surface area contributed by atoms with Crippen molar-refractivity contribution in [1.82, 2.24) is 19.5 Å². The number of para-hydroxylation sites is 3. The van der Waals surface area contributed by atoms with Crippen LogP contribution in [-0.2, 0) is 0 Å². The lowest BCUT2D eigenvalue weighted by atomic mass is 9.59. The summed E-state index contributed by atoms with van der Waals surface area (Å²) in [7, 11) is 0. The van der Waals surface area contributed by atoms with Gasteiger partial charge in [0.15, 0.2) is 17.5 Å². The summed E-state index contributed by atoms with van der Waals surface area (Å²) in [6.45, 7) is 0. The van der Waals surface area contributed by atoms with Crippen molar-refractivity contribution in [2.45, 2.75) is 24.7 Å². The summed E-state index contributed by atoms with van der Waals surface area (Å²) < 4.78 is 9.08. The van der Waals surface area contributed by atoms with Crippen molar-refractivity contribution in [3.05, 3.63) is 193 Å². The van der Waals surface area contributed by atoms with Crippen LogP contribution in [0.5, 0.6) is 0 Å². The Balaban J connectivity index is 1.20. The Bertz CT molecular complexity index is 3610. The van der Waals surface area contributed by atoms with Crippen LogP contribution >= 0.6 is 0 Å². The van der Waals surface area contributed by atoms with E-state index in [4.69, 9.17) is 19.4 Å². The van der Waals surface area contributed by atoms with Crippen molar-refractivity contribution in [3.8, 4) is 68.2 Å². The van der Waals surface area contributed by atoms with Crippen molar-refractivity contribution in [2.24, 2.45) is 0 Å². The molecular formula is C56H35N5O. The molecule has 0 aliphatic heterocycles. The Kier molecular flexibility index (Phi) is 7.52. The van der Waals surface area contributed by atoms with Crippen LogP contribution in [0.15, 0.2) is 180 Å². The van der Waals surface area contributed by atoms with Crippen molar-refractivity contribution in [2.75, 3.05) is 0 Å². The maximum Gasteiger partial charge on any atom is 0.166 e.